The summed E-state index contributed by atoms with van der Waals surface area (Å²) in [5.74, 6) is -0.0212. The summed E-state index contributed by atoms with van der Waals surface area (Å²) in [6.07, 6.45) is -3.18. The third-order valence-corrected chi connectivity index (χ3v) is 4.47. The van der Waals surface area contributed by atoms with E-state index in [1.54, 1.807) is 30.3 Å². The van der Waals surface area contributed by atoms with Crippen LogP contribution in [0.1, 0.15) is 16.7 Å². The summed E-state index contributed by atoms with van der Waals surface area (Å²) < 4.78 is 38.4. The van der Waals surface area contributed by atoms with E-state index in [1.807, 2.05) is 6.07 Å². The minimum absolute atomic E-state index is 0.0212. The first-order valence-electron chi connectivity index (χ1n) is 8.05. The molecule has 0 spiro atoms. The molecule has 3 rings (SSSR count). The van der Waals surface area contributed by atoms with Gasteiger partial charge in [0.1, 0.15) is 11.6 Å². The van der Waals surface area contributed by atoms with Crippen molar-refractivity contribution >= 4 is 28.1 Å². The highest BCUT2D eigenvalue weighted by Crippen LogP contribution is 2.31. The third-order valence-electron chi connectivity index (χ3n) is 3.78. The van der Waals surface area contributed by atoms with Gasteiger partial charge in [-0.25, -0.2) is 10.4 Å². The Balaban J connectivity index is 1.87. The lowest BCUT2D eigenvalue weighted by molar-refractivity contribution is -0.137. The number of hydrazone groups is 1. The van der Waals surface area contributed by atoms with Gasteiger partial charge in [-0.3, -0.25) is 9.78 Å². The van der Waals surface area contributed by atoms with Crippen LogP contribution < -0.4 is 11.0 Å². The van der Waals surface area contributed by atoms with Crippen molar-refractivity contribution in [3.63, 3.8) is 0 Å². The van der Waals surface area contributed by atoms with Gasteiger partial charge in [0.25, 0.3) is 5.56 Å². The van der Waals surface area contributed by atoms with Gasteiger partial charge in [-0.2, -0.15) is 23.5 Å². The first kappa shape index (κ1) is 20.3. The molecule has 0 aliphatic heterocycles. The van der Waals surface area contributed by atoms with Gasteiger partial charge in [-0.05, 0) is 12.1 Å². The summed E-state index contributed by atoms with van der Waals surface area (Å²) in [7, 11) is 0. The van der Waals surface area contributed by atoms with Crippen molar-refractivity contribution in [2.45, 2.75) is 6.18 Å². The molecular formula is C19H11BrF3N5O. The van der Waals surface area contributed by atoms with E-state index in [0.717, 1.165) is 12.1 Å². The van der Waals surface area contributed by atoms with Crippen molar-refractivity contribution in [1.82, 2.24) is 9.97 Å². The summed E-state index contributed by atoms with van der Waals surface area (Å²) in [6.45, 7) is 0. The number of nitriles is 1. The van der Waals surface area contributed by atoms with E-state index in [-0.39, 0.29) is 21.7 Å². The van der Waals surface area contributed by atoms with Crippen molar-refractivity contribution in [1.29, 1.82) is 5.26 Å². The average Bonchev–Trinajstić information content (AvgIpc) is 2.68. The van der Waals surface area contributed by atoms with E-state index in [9.17, 15) is 23.2 Å². The third kappa shape index (κ3) is 4.70. The number of nitrogens with zero attached hydrogens (tertiary/aromatic N) is 3. The van der Waals surface area contributed by atoms with Crippen LogP contribution in [0.25, 0.3) is 11.3 Å². The number of nitrogens with one attached hydrogen (secondary N) is 2. The molecule has 2 N–H and O–H groups in total. The van der Waals surface area contributed by atoms with Crippen LogP contribution in [0.15, 0.2) is 62.9 Å². The van der Waals surface area contributed by atoms with Gasteiger partial charge in [0.2, 0.25) is 5.95 Å². The monoisotopic (exact) mass is 461 g/mol. The molecular weight excluding hydrogens is 451 g/mol. The van der Waals surface area contributed by atoms with Crippen molar-refractivity contribution in [3.05, 3.63) is 80.0 Å². The molecule has 0 atom stereocenters. The fraction of sp³-hybridized carbons (Fsp3) is 0.0526. The number of hydrogen-bond acceptors (Lipinski definition) is 5. The number of rotatable bonds is 4. The Morgan fingerprint density at radius 1 is 1.21 bits per heavy atom. The van der Waals surface area contributed by atoms with E-state index in [2.05, 4.69) is 36.4 Å². The molecule has 0 radical (unpaired) electrons. The van der Waals surface area contributed by atoms with E-state index < -0.39 is 17.3 Å². The molecule has 6 nitrogen and oxygen atoms in total. The number of anilines is 1. The quantitative estimate of drug-likeness (QED) is 0.440. The second kappa shape index (κ2) is 8.28. The van der Waals surface area contributed by atoms with E-state index in [0.29, 0.717) is 11.1 Å². The topological polar surface area (TPSA) is 93.9 Å². The van der Waals surface area contributed by atoms with E-state index >= 15 is 0 Å². The lowest BCUT2D eigenvalue weighted by Crippen LogP contribution is -2.16. The second-order valence-electron chi connectivity index (χ2n) is 5.72. The molecule has 0 saturated heterocycles. The molecule has 0 saturated carbocycles. The average molecular weight is 462 g/mol. The van der Waals surface area contributed by atoms with Crippen molar-refractivity contribution in [2.24, 2.45) is 5.10 Å². The number of benzene rings is 2. The number of H-pyrrole nitrogens is 1. The number of hydrogen-bond donors (Lipinski definition) is 2. The van der Waals surface area contributed by atoms with Crippen molar-refractivity contribution < 1.29 is 13.2 Å². The molecule has 0 bridgehead atoms. The molecule has 2 aromatic carbocycles. The first-order valence-corrected chi connectivity index (χ1v) is 8.84. The van der Waals surface area contributed by atoms with E-state index in [4.69, 9.17) is 0 Å². The maximum Gasteiger partial charge on any atom is 0.416 e. The molecule has 1 heterocycles. The van der Waals surface area contributed by atoms with Crippen molar-refractivity contribution in [3.8, 4) is 17.3 Å². The second-order valence-corrected chi connectivity index (χ2v) is 6.57. The Kier molecular flexibility index (Phi) is 5.79. The standard InChI is InChI=1S/C19H11BrF3N5O/c20-15-8-13(19(21,22)23)7-6-12(15)10-25-28-18-26-16(11-4-2-1-3-5-11)14(9-24)17(29)27-18/h1-8,10H,(H2,26,27,28,29). The lowest BCUT2D eigenvalue weighted by Gasteiger charge is -2.08. The van der Waals surface area contributed by atoms with Crippen LogP contribution in [-0.4, -0.2) is 16.2 Å². The first-order chi connectivity index (χ1) is 13.8. The summed E-state index contributed by atoms with van der Waals surface area (Å²) in [5.41, 5.74) is 2.08. The number of alkyl halides is 3. The normalized spacial score (nSPS) is 11.4. The Bertz CT molecular complexity index is 1170. The van der Waals surface area contributed by atoms with Crippen LogP contribution in [0, 0.1) is 11.3 Å². The zero-order chi connectivity index (χ0) is 21.0. The highest BCUT2D eigenvalue weighted by molar-refractivity contribution is 9.10. The highest BCUT2D eigenvalue weighted by atomic mass is 79.9. The summed E-state index contributed by atoms with van der Waals surface area (Å²) in [4.78, 5) is 18.8. The fourth-order valence-corrected chi connectivity index (χ4v) is 2.89. The van der Waals surface area contributed by atoms with Crippen LogP contribution in [-0.2, 0) is 6.18 Å². The number of aromatic nitrogens is 2. The maximum atomic E-state index is 12.7. The molecule has 0 unspecified atom stereocenters. The Hall–Kier alpha value is -3.45. The highest BCUT2D eigenvalue weighted by Gasteiger charge is 2.30. The zero-order valence-electron chi connectivity index (χ0n) is 14.5. The minimum Gasteiger partial charge on any atom is -0.290 e. The predicted molar refractivity (Wildman–Crippen MR) is 105 cm³/mol. The molecule has 0 amide bonds. The smallest absolute Gasteiger partial charge is 0.290 e. The van der Waals surface area contributed by atoms with Gasteiger partial charge in [0, 0.05) is 15.6 Å². The lowest BCUT2D eigenvalue weighted by atomic mass is 10.1. The molecule has 0 aliphatic carbocycles. The molecule has 1 aromatic heterocycles. The van der Waals surface area contributed by atoms with Crippen LogP contribution in [0.5, 0.6) is 0 Å². The van der Waals surface area contributed by atoms with Gasteiger partial charge in [0.05, 0.1) is 17.5 Å². The van der Waals surface area contributed by atoms with Crippen molar-refractivity contribution in [2.75, 3.05) is 5.43 Å². The maximum absolute atomic E-state index is 12.7. The van der Waals surface area contributed by atoms with Gasteiger partial charge < -0.3 is 0 Å². The molecule has 0 fully saturated rings. The van der Waals surface area contributed by atoms with Gasteiger partial charge in [0.15, 0.2) is 0 Å². The van der Waals surface area contributed by atoms with Gasteiger partial charge >= 0.3 is 6.18 Å². The molecule has 146 valence electrons. The van der Waals surface area contributed by atoms with Gasteiger partial charge in [-0.15, -0.1) is 0 Å². The summed E-state index contributed by atoms with van der Waals surface area (Å²) >= 11 is 3.07. The van der Waals surface area contributed by atoms with Crippen LogP contribution in [0.3, 0.4) is 0 Å². The molecule has 0 aliphatic rings. The molecule has 3 aromatic rings. The summed E-state index contributed by atoms with van der Waals surface area (Å²) in [5, 5.41) is 13.1. The fourth-order valence-electron chi connectivity index (χ4n) is 2.41. The zero-order valence-corrected chi connectivity index (χ0v) is 16.0. The number of aromatic amines is 1. The van der Waals surface area contributed by atoms with Crippen LogP contribution in [0.4, 0.5) is 19.1 Å². The minimum atomic E-state index is -4.45. The Morgan fingerprint density at radius 2 is 1.93 bits per heavy atom. The molecule has 10 heteroatoms. The SMILES string of the molecule is N#Cc1c(-c2ccccc2)nc(NN=Cc2ccc(C(F)(F)F)cc2Br)[nH]c1=O. The number of halogens is 4. The van der Waals surface area contributed by atoms with E-state index in [1.165, 1.54) is 12.3 Å². The van der Waals surface area contributed by atoms with Crippen LogP contribution >= 0.6 is 15.9 Å². The Labute approximate surface area is 170 Å². The predicted octanol–water partition coefficient (Wildman–Crippen LogP) is 4.54. The molecule has 29 heavy (non-hydrogen) atoms. The Morgan fingerprint density at radius 3 is 2.55 bits per heavy atom. The van der Waals surface area contributed by atoms with Gasteiger partial charge in [-0.1, -0.05) is 52.3 Å². The summed E-state index contributed by atoms with van der Waals surface area (Å²) in [6, 6.07) is 13.6. The largest absolute Gasteiger partial charge is 0.416 e. The van der Waals surface area contributed by atoms with Crippen LogP contribution in [0.2, 0.25) is 0 Å².